The number of nitrogens with one attached hydrogen (secondary N) is 1. The predicted octanol–water partition coefficient (Wildman–Crippen LogP) is 5.26. The lowest BCUT2D eigenvalue weighted by atomic mass is 9.99. The van der Waals surface area contributed by atoms with Crippen molar-refractivity contribution >= 4 is 6.09 Å². The molecule has 2 aliphatic heterocycles. The third kappa shape index (κ3) is 7.65. The molecule has 2 saturated heterocycles. The molecule has 8 heteroatoms. The molecule has 0 unspecified atom stereocenters. The van der Waals surface area contributed by atoms with Crippen molar-refractivity contribution in [2.24, 2.45) is 0 Å². The third-order valence-electron chi connectivity index (χ3n) is 7.98. The molecule has 0 aliphatic carbocycles. The van der Waals surface area contributed by atoms with Gasteiger partial charge in [-0.05, 0) is 53.3 Å². The van der Waals surface area contributed by atoms with E-state index in [1.165, 1.54) is 6.08 Å². The van der Waals surface area contributed by atoms with Gasteiger partial charge in [-0.1, -0.05) is 79.4 Å². The monoisotopic (exact) mass is 572 g/mol. The van der Waals surface area contributed by atoms with E-state index in [0.29, 0.717) is 13.0 Å². The molecule has 0 spiro atoms. The van der Waals surface area contributed by atoms with Gasteiger partial charge >= 0.3 is 6.09 Å². The van der Waals surface area contributed by atoms with Crippen LogP contribution in [0.5, 0.6) is 0 Å². The number of aliphatic hydroxyl groups excluding tert-OH is 2. The van der Waals surface area contributed by atoms with Crippen LogP contribution in [0.2, 0.25) is 0 Å². The van der Waals surface area contributed by atoms with Crippen LogP contribution in [0.4, 0.5) is 4.79 Å². The van der Waals surface area contributed by atoms with E-state index in [9.17, 15) is 15.0 Å². The summed E-state index contributed by atoms with van der Waals surface area (Å²) in [7, 11) is 0. The maximum Gasteiger partial charge on any atom is 0.407 e. The minimum Gasteiger partial charge on any atom is -0.445 e. The van der Waals surface area contributed by atoms with E-state index in [-0.39, 0.29) is 38.1 Å². The van der Waals surface area contributed by atoms with Crippen molar-refractivity contribution in [2.75, 3.05) is 26.3 Å². The highest BCUT2D eigenvalue weighted by atomic mass is 16.7. The van der Waals surface area contributed by atoms with E-state index in [0.717, 1.165) is 59.3 Å². The van der Waals surface area contributed by atoms with Crippen LogP contribution in [0.15, 0.2) is 85.5 Å². The molecule has 42 heavy (non-hydrogen) atoms. The molecular formula is C34H40N2O6. The first-order chi connectivity index (χ1) is 20.6. The van der Waals surface area contributed by atoms with E-state index in [4.69, 9.17) is 14.2 Å². The van der Waals surface area contributed by atoms with Gasteiger partial charge in [0.15, 0.2) is 6.29 Å². The Morgan fingerprint density at radius 1 is 1.00 bits per heavy atom. The number of nitrogens with zero attached hydrogens (tertiary/aromatic N) is 1. The average molecular weight is 573 g/mol. The van der Waals surface area contributed by atoms with Gasteiger partial charge in [0, 0.05) is 31.1 Å². The summed E-state index contributed by atoms with van der Waals surface area (Å²) in [5, 5.41) is 22.1. The molecule has 5 rings (SSSR count). The Hall–Kier alpha value is -3.53. The maximum absolute atomic E-state index is 11.8. The first-order valence-corrected chi connectivity index (χ1v) is 14.6. The highest BCUT2D eigenvalue weighted by Crippen LogP contribution is 2.39. The number of likely N-dealkylation sites (tertiary alicyclic amines) is 1. The van der Waals surface area contributed by atoms with Gasteiger partial charge in [0.25, 0.3) is 0 Å². The summed E-state index contributed by atoms with van der Waals surface area (Å²) in [6.45, 7) is 5.96. The number of aliphatic hydroxyl groups is 2. The molecule has 2 fully saturated rings. The molecule has 0 saturated carbocycles. The molecule has 0 aromatic heterocycles. The number of rotatable bonds is 11. The predicted molar refractivity (Wildman–Crippen MR) is 160 cm³/mol. The van der Waals surface area contributed by atoms with Gasteiger partial charge in [0.1, 0.15) is 6.61 Å². The van der Waals surface area contributed by atoms with E-state index in [2.05, 4.69) is 28.9 Å². The number of alkyl carbamates (subject to hydrolysis) is 1. The van der Waals surface area contributed by atoms with Gasteiger partial charge < -0.3 is 29.7 Å². The van der Waals surface area contributed by atoms with E-state index >= 15 is 0 Å². The summed E-state index contributed by atoms with van der Waals surface area (Å²) in [6.07, 6.45) is 3.11. The van der Waals surface area contributed by atoms with Crippen LogP contribution in [0.3, 0.4) is 0 Å². The zero-order valence-electron chi connectivity index (χ0n) is 23.9. The lowest BCUT2D eigenvalue weighted by Crippen LogP contribution is -2.42. The standard InChI is InChI=1S/C34H40N2O6/c1-2-17-40-34(39)35-20-25-5-3-6-29(18-25)26-12-14-28(15-13-26)33-41-31(21-36-16-4-7-30(36)23-38)19-32(42-33)27-10-8-24(22-37)9-11-27/h2-3,5-6,8-15,18,30-33,37-38H,1,4,7,16-17,19-23H2,(H,35,39)/t30-,31-,32+,33+/m0/s1. The van der Waals surface area contributed by atoms with Crippen molar-refractivity contribution in [2.45, 2.75) is 57.0 Å². The van der Waals surface area contributed by atoms with Gasteiger partial charge in [0.05, 0.1) is 25.4 Å². The molecule has 2 heterocycles. The average Bonchev–Trinajstić information content (AvgIpc) is 3.49. The lowest BCUT2D eigenvalue weighted by Gasteiger charge is -2.38. The summed E-state index contributed by atoms with van der Waals surface area (Å²) < 4.78 is 18.0. The quantitative estimate of drug-likeness (QED) is 0.270. The largest absolute Gasteiger partial charge is 0.445 e. The highest BCUT2D eigenvalue weighted by molar-refractivity contribution is 5.68. The van der Waals surface area contributed by atoms with Crippen molar-refractivity contribution < 1.29 is 29.2 Å². The maximum atomic E-state index is 11.8. The molecule has 0 bridgehead atoms. The van der Waals surface area contributed by atoms with Crippen LogP contribution in [-0.4, -0.2) is 59.7 Å². The second-order valence-corrected chi connectivity index (χ2v) is 10.9. The number of hydrogen-bond donors (Lipinski definition) is 3. The van der Waals surface area contributed by atoms with Crippen molar-refractivity contribution in [1.82, 2.24) is 10.2 Å². The van der Waals surface area contributed by atoms with Gasteiger partial charge in [-0.2, -0.15) is 0 Å². The fraction of sp³-hybridized carbons (Fsp3) is 0.382. The Bertz CT molecular complexity index is 1310. The Labute approximate surface area is 247 Å². The van der Waals surface area contributed by atoms with Crippen LogP contribution in [-0.2, 0) is 27.4 Å². The molecule has 3 aromatic carbocycles. The molecule has 0 radical (unpaired) electrons. The van der Waals surface area contributed by atoms with Crippen LogP contribution in [0, 0.1) is 0 Å². The fourth-order valence-electron chi connectivity index (χ4n) is 5.69. The summed E-state index contributed by atoms with van der Waals surface area (Å²) in [5.74, 6) is 0. The normalized spacial score (nSPS) is 22.5. The van der Waals surface area contributed by atoms with Gasteiger partial charge in [0.2, 0.25) is 0 Å². The van der Waals surface area contributed by atoms with E-state index in [1.54, 1.807) is 0 Å². The van der Waals surface area contributed by atoms with Gasteiger partial charge in [-0.15, -0.1) is 0 Å². The molecule has 3 N–H and O–H groups in total. The van der Waals surface area contributed by atoms with Crippen molar-refractivity contribution in [1.29, 1.82) is 0 Å². The number of carbonyl (C=O) groups is 1. The minimum atomic E-state index is -0.535. The third-order valence-corrected chi connectivity index (χ3v) is 7.98. The van der Waals surface area contributed by atoms with Crippen LogP contribution in [0.25, 0.3) is 11.1 Å². The van der Waals surface area contributed by atoms with Gasteiger partial charge in [-0.25, -0.2) is 4.79 Å². The van der Waals surface area contributed by atoms with E-state index in [1.807, 2.05) is 60.7 Å². The molecular weight excluding hydrogens is 532 g/mol. The summed E-state index contributed by atoms with van der Waals surface area (Å²) >= 11 is 0. The summed E-state index contributed by atoms with van der Waals surface area (Å²) in [5.41, 5.74) is 5.90. The van der Waals surface area contributed by atoms with Crippen molar-refractivity contribution in [3.63, 3.8) is 0 Å². The Kier molecular flexibility index (Phi) is 10.4. The SMILES string of the molecule is C=CCOC(=O)NCc1cccc(-c2ccc([C@@H]3O[C@H](CN4CCC[C@H]4CO)C[C@H](c4ccc(CO)cc4)O3)cc2)c1. The summed E-state index contributed by atoms with van der Waals surface area (Å²) in [4.78, 5) is 14.1. The fourth-order valence-corrected chi connectivity index (χ4v) is 5.69. The molecule has 3 aromatic rings. The lowest BCUT2D eigenvalue weighted by molar-refractivity contribution is -0.253. The second kappa shape index (κ2) is 14.6. The number of amides is 1. The topological polar surface area (TPSA) is 100 Å². The molecule has 2 aliphatic rings. The molecule has 8 nitrogen and oxygen atoms in total. The zero-order chi connectivity index (χ0) is 29.3. The Morgan fingerprint density at radius 2 is 1.79 bits per heavy atom. The Morgan fingerprint density at radius 3 is 2.52 bits per heavy atom. The first-order valence-electron chi connectivity index (χ1n) is 14.6. The first kappa shape index (κ1) is 29.9. The van der Waals surface area contributed by atoms with Crippen LogP contribution >= 0.6 is 0 Å². The smallest absolute Gasteiger partial charge is 0.407 e. The van der Waals surface area contributed by atoms with Crippen LogP contribution in [0.1, 0.15) is 53.9 Å². The second-order valence-electron chi connectivity index (χ2n) is 10.9. The Balaban J connectivity index is 1.30. The number of carbonyl (C=O) groups excluding carboxylic acids is 1. The number of hydrogen-bond acceptors (Lipinski definition) is 7. The van der Waals surface area contributed by atoms with Crippen molar-refractivity contribution in [3.8, 4) is 11.1 Å². The van der Waals surface area contributed by atoms with Crippen molar-refractivity contribution in [3.05, 3.63) is 108 Å². The number of benzene rings is 3. The van der Waals surface area contributed by atoms with Gasteiger partial charge in [-0.3, -0.25) is 4.90 Å². The van der Waals surface area contributed by atoms with Crippen LogP contribution < -0.4 is 5.32 Å². The zero-order valence-corrected chi connectivity index (χ0v) is 23.9. The molecule has 1 amide bonds. The highest BCUT2D eigenvalue weighted by Gasteiger charge is 2.35. The summed E-state index contributed by atoms with van der Waals surface area (Å²) in [6, 6.07) is 24.3. The molecule has 222 valence electrons. The number of ether oxygens (including phenoxy) is 3. The molecule has 4 atom stereocenters. The van der Waals surface area contributed by atoms with E-state index < -0.39 is 12.4 Å². The minimum absolute atomic E-state index is 0.00567.